The number of hydrogen-bond acceptors (Lipinski definition) is 5. The molecule has 7 heteroatoms. The van der Waals surface area contributed by atoms with Crippen molar-refractivity contribution in [1.29, 1.82) is 0 Å². The van der Waals surface area contributed by atoms with E-state index in [2.05, 4.69) is 5.32 Å². The molecule has 1 rings (SSSR count). The number of non-ortho nitro benzene ring substituents is 1. The largest absolute Gasteiger partial charge is 0.309 e. The predicted molar refractivity (Wildman–Crippen MR) is 70.9 cm³/mol. The van der Waals surface area contributed by atoms with Crippen molar-refractivity contribution in [3.8, 4) is 0 Å². The third kappa shape index (κ3) is 4.47. The molecule has 0 amide bonds. The Morgan fingerprint density at radius 2 is 1.95 bits per heavy atom. The van der Waals surface area contributed by atoms with Crippen molar-refractivity contribution in [3.05, 3.63) is 55.6 Å². The zero-order chi connectivity index (χ0) is 14.4. The average Bonchev–Trinajstić information content (AvgIpc) is 2.34. The molecule has 19 heavy (non-hydrogen) atoms. The van der Waals surface area contributed by atoms with Gasteiger partial charge < -0.3 is 5.32 Å². The van der Waals surface area contributed by atoms with Crippen molar-refractivity contribution in [2.24, 2.45) is 0 Å². The van der Waals surface area contributed by atoms with E-state index in [1.807, 2.05) is 19.9 Å². The summed E-state index contributed by atoms with van der Waals surface area (Å²) in [6, 6.07) is 3.66. The first kappa shape index (κ1) is 14.8. The van der Waals surface area contributed by atoms with E-state index < -0.39 is 9.85 Å². The summed E-state index contributed by atoms with van der Waals surface area (Å²) in [5.74, 6) is 0. The first-order valence-corrected chi connectivity index (χ1v) is 5.67. The molecule has 7 nitrogen and oxygen atoms in total. The second-order valence-electron chi connectivity index (χ2n) is 4.24. The van der Waals surface area contributed by atoms with Crippen LogP contribution in [0.15, 0.2) is 29.8 Å². The van der Waals surface area contributed by atoms with Gasteiger partial charge in [0.15, 0.2) is 0 Å². The molecule has 102 valence electrons. The fourth-order valence-corrected chi connectivity index (χ4v) is 1.47. The van der Waals surface area contributed by atoms with E-state index in [0.717, 1.165) is 11.6 Å². The maximum atomic E-state index is 10.9. The van der Waals surface area contributed by atoms with Gasteiger partial charge in [0.1, 0.15) is 0 Å². The van der Waals surface area contributed by atoms with Crippen LogP contribution >= 0.6 is 0 Å². The number of nitrogens with one attached hydrogen (secondary N) is 1. The maximum Gasteiger partial charge on any atom is 0.280 e. The molecule has 0 saturated carbocycles. The molecular formula is C12H15N3O4. The van der Waals surface area contributed by atoms with Crippen LogP contribution in [0.25, 0.3) is 0 Å². The van der Waals surface area contributed by atoms with Crippen LogP contribution in [-0.2, 0) is 6.54 Å². The van der Waals surface area contributed by atoms with E-state index in [1.165, 1.54) is 12.1 Å². The molecule has 0 unspecified atom stereocenters. The van der Waals surface area contributed by atoms with Gasteiger partial charge in [0.2, 0.25) is 0 Å². The summed E-state index contributed by atoms with van der Waals surface area (Å²) in [6.07, 6.45) is 1.96. The fourth-order valence-electron chi connectivity index (χ4n) is 1.47. The summed E-state index contributed by atoms with van der Waals surface area (Å²) in [5.41, 5.74) is 1.06. The van der Waals surface area contributed by atoms with Gasteiger partial charge in [-0.2, -0.15) is 0 Å². The van der Waals surface area contributed by atoms with Gasteiger partial charge in [0.25, 0.3) is 11.4 Å². The predicted octanol–water partition coefficient (Wildman–Crippen LogP) is 2.56. The van der Waals surface area contributed by atoms with Crippen LogP contribution in [0.1, 0.15) is 19.4 Å². The van der Waals surface area contributed by atoms with E-state index in [-0.39, 0.29) is 17.9 Å². The molecule has 0 heterocycles. The Balaban J connectivity index is 2.85. The monoisotopic (exact) mass is 265 g/mol. The summed E-state index contributed by atoms with van der Waals surface area (Å²) in [5, 5.41) is 24.5. The second-order valence-corrected chi connectivity index (χ2v) is 4.24. The standard InChI is InChI=1S/C12H15N3O4/c1-9(2)5-6-13-8-10-3-4-11(14(16)17)7-12(10)15(18)19/h3-5,7,13H,6,8H2,1-2H3. The Hall–Kier alpha value is -2.28. The van der Waals surface area contributed by atoms with Gasteiger partial charge in [-0.05, 0) is 19.9 Å². The van der Waals surface area contributed by atoms with Gasteiger partial charge in [-0.15, -0.1) is 0 Å². The lowest BCUT2D eigenvalue weighted by Gasteiger charge is -2.04. The van der Waals surface area contributed by atoms with Gasteiger partial charge in [0.05, 0.1) is 15.9 Å². The molecule has 0 radical (unpaired) electrons. The molecule has 0 spiro atoms. The minimum atomic E-state index is -0.645. The lowest BCUT2D eigenvalue weighted by atomic mass is 10.1. The van der Waals surface area contributed by atoms with Crippen LogP contribution in [0.5, 0.6) is 0 Å². The molecule has 1 aromatic rings. The van der Waals surface area contributed by atoms with Crippen LogP contribution in [0.2, 0.25) is 0 Å². The fraction of sp³-hybridized carbons (Fsp3) is 0.333. The van der Waals surface area contributed by atoms with Gasteiger partial charge in [-0.1, -0.05) is 11.6 Å². The van der Waals surface area contributed by atoms with Crippen LogP contribution < -0.4 is 5.32 Å². The minimum absolute atomic E-state index is 0.237. The molecule has 0 aliphatic heterocycles. The smallest absolute Gasteiger partial charge is 0.280 e. The van der Waals surface area contributed by atoms with Crippen molar-refractivity contribution >= 4 is 11.4 Å². The number of allylic oxidation sites excluding steroid dienone is 1. The summed E-state index contributed by atoms with van der Waals surface area (Å²) >= 11 is 0. The van der Waals surface area contributed by atoms with Crippen LogP contribution in [0, 0.1) is 20.2 Å². The Bertz CT molecular complexity index is 522. The van der Waals surface area contributed by atoms with Crippen LogP contribution in [0.4, 0.5) is 11.4 Å². The molecular weight excluding hydrogens is 250 g/mol. The van der Waals surface area contributed by atoms with Crippen molar-refractivity contribution in [2.45, 2.75) is 20.4 Å². The summed E-state index contributed by atoms with van der Waals surface area (Å²) in [7, 11) is 0. The molecule has 1 aromatic carbocycles. The average molecular weight is 265 g/mol. The van der Waals surface area contributed by atoms with E-state index in [0.29, 0.717) is 12.1 Å². The summed E-state index contributed by atoms with van der Waals surface area (Å²) in [4.78, 5) is 20.2. The summed E-state index contributed by atoms with van der Waals surface area (Å²) in [6.45, 7) is 4.79. The maximum absolute atomic E-state index is 10.9. The molecule has 0 atom stereocenters. The lowest BCUT2D eigenvalue weighted by Crippen LogP contribution is -2.14. The van der Waals surface area contributed by atoms with Crippen LogP contribution in [0.3, 0.4) is 0 Å². The van der Waals surface area contributed by atoms with Gasteiger partial charge in [-0.25, -0.2) is 0 Å². The molecule has 0 aliphatic carbocycles. The number of nitrogens with zero attached hydrogens (tertiary/aromatic N) is 2. The van der Waals surface area contributed by atoms with Gasteiger partial charge >= 0.3 is 0 Å². The third-order valence-electron chi connectivity index (χ3n) is 2.45. The number of benzene rings is 1. The number of nitro benzene ring substituents is 2. The van der Waals surface area contributed by atoms with E-state index in [1.54, 1.807) is 0 Å². The normalized spacial score (nSPS) is 10.0. The quantitative estimate of drug-likeness (QED) is 0.369. The van der Waals surface area contributed by atoms with Crippen LogP contribution in [-0.4, -0.2) is 16.4 Å². The van der Waals surface area contributed by atoms with E-state index in [9.17, 15) is 20.2 Å². The van der Waals surface area contributed by atoms with Gasteiger partial charge in [0, 0.05) is 24.7 Å². The Morgan fingerprint density at radius 3 is 2.47 bits per heavy atom. The summed E-state index contributed by atoms with van der Waals surface area (Å²) < 4.78 is 0. The molecule has 0 aromatic heterocycles. The molecule has 0 bridgehead atoms. The first-order valence-electron chi connectivity index (χ1n) is 5.67. The third-order valence-corrected chi connectivity index (χ3v) is 2.45. The highest BCUT2D eigenvalue weighted by Crippen LogP contribution is 2.24. The Morgan fingerprint density at radius 1 is 1.26 bits per heavy atom. The second kappa shape index (κ2) is 6.60. The lowest BCUT2D eigenvalue weighted by molar-refractivity contribution is -0.394. The topological polar surface area (TPSA) is 98.3 Å². The number of rotatable bonds is 6. The Labute approximate surface area is 110 Å². The Kier molecular flexibility index (Phi) is 5.13. The van der Waals surface area contributed by atoms with Crippen molar-refractivity contribution in [1.82, 2.24) is 5.32 Å². The number of hydrogen-bond donors (Lipinski definition) is 1. The highest BCUT2D eigenvalue weighted by Gasteiger charge is 2.18. The zero-order valence-corrected chi connectivity index (χ0v) is 10.8. The zero-order valence-electron chi connectivity index (χ0n) is 10.8. The molecule has 0 aliphatic rings. The van der Waals surface area contributed by atoms with Crippen molar-refractivity contribution in [2.75, 3.05) is 6.54 Å². The first-order chi connectivity index (χ1) is 8.91. The number of nitro groups is 2. The minimum Gasteiger partial charge on any atom is -0.309 e. The SMILES string of the molecule is CC(C)=CCNCc1ccc([N+](=O)[O-])cc1[N+](=O)[O-]. The molecule has 1 N–H and O–H groups in total. The highest BCUT2D eigenvalue weighted by molar-refractivity contribution is 5.49. The van der Waals surface area contributed by atoms with Crippen molar-refractivity contribution in [3.63, 3.8) is 0 Å². The van der Waals surface area contributed by atoms with E-state index in [4.69, 9.17) is 0 Å². The molecule has 0 saturated heterocycles. The molecule has 0 fully saturated rings. The van der Waals surface area contributed by atoms with Gasteiger partial charge in [-0.3, -0.25) is 20.2 Å². The van der Waals surface area contributed by atoms with Crippen molar-refractivity contribution < 1.29 is 9.85 Å². The highest BCUT2D eigenvalue weighted by atomic mass is 16.6. The van der Waals surface area contributed by atoms with E-state index >= 15 is 0 Å².